The fourth-order valence-electron chi connectivity index (χ4n) is 5.16. The van der Waals surface area contributed by atoms with Gasteiger partial charge in [0.1, 0.15) is 17.3 Å². The molecule has 4 heterocycles. The number of benzene rings is 1. The predicted octanol–water partition coefficient (Wildman–Crippen LogP) is 3.82. The van der Waals surface area contributed by atoms with Gasteiger partial charge in [0.25, 0.3) is 5.72 Å². The Bertz CT molecular complexity index is 1480. The van der Waals surface area contributed by atoms with Crippen molar-refractivity contribution in [3.63, 3.8) is 0 Å². The van der Waals surface area contributed by atoms with Gasteiger partial charge in [-0.25, -0.2) is 17.1 Å². The average Bonchev–Trinajstić information content (AvgIpc) is 3.32. The molecule has 2 aromatic rings. The smallest absolute Gasteiger partial charge is 0.264 e. The Kier molecular flexibility index (Phi) is 5.27. The maximum atomic E-state index is 13.8. The first-order chi connectivity index (χ1) is 17.7. The molecule has 1 spiro atoms. The topological polar surface area (TPSA) is 105 Å². The van der Waals surface area contributed by atoms with Gasteiger partial charge in [0.05, 0.1) is 23.2 Å². The molecule has 9 nitrogen and oxygen atoms in total. The third kappa shape index (κ3) is 3.58. The minimum absolute atomic E-state index is 0.244. The molecular formula is C26H28FN5O4S. The normalized spacial score (nSPS) is 25.7. The number of aromatic nitrogens is 1. The van der Waals surface area contributed by atoms with E-state index in [2.05, 4.69) is 20.8 Å². The lowest BCUT2D eigenvalue weighted by molar-refractivity contribution is -0.0646. The molecule has 194 valence electrons. The van der Waals surface area contributed by atoms with Gasteiger partial charge < -0.3 is 20.2 Å². The van der Waals surface area contributed by atoms with E-state index in [1.54, 1.807) is 6.92 Å². The molecule has 3 aliphatic heterocycles. The fourth-order valence-corrected chi connectivity index (χ4v) is 7.46. The van der Waals surface area contributed by atoms with Crippen LogP contribution < -0.4 is 15.4 Å². The second kappa shape index (κ2) is 8.20. The number of amidine groups is 1. The number of oxime groups is 1. The van der Waals surface area contributed by atoms with Crippen LogP contribution in [0.2, 0.25) is 0 Å². The molecular weight excluding hydrogens is 497 g/mol. The molecule has 1 aromatic heterocycles. The molecule has 1 aromatic carbocycles. The molecule has 1 saturated carbocycles. The first-order valence-electron chi connectivity index (χ1n) is 12.2. The minimum Gasteiger partial charge on any atom is -0.491 e. The highest BCUT2D eigenvalue weighted by molar-refractivity contribution is 7.91. The number of halogens is 1. The number of rotatable bonds is 5. The third-order valence-corrected chi connectivity index (χ3v) is 10.2. The lowest BCUT2D eigenvalue weighted by atomic mass is 9.97. The number of pyridine rings is 1. The number of ether oxygens (including phenoxy) is 1. The quantitative estimate of drug-likeness (QED) is 0.612. The molecule has 1 atom stereocenters. The Hall–Kier alpha value is -3.60. The van der Waals surface area contributed by atoms with Crippen LogP contribution in [0.25, 0.3) is 6.08 Å². The van der Waals surface area contributed by atoms with Crippen molar-refractivity contribution in [2.24, 2.45) is 5.16 Å². The van der Waals surface area contributed by atoms with Crippen molar-refractivity contribution in [2.45, 2.75) is 50.0 Å². The Morgan fingerprint density at radius 2 is 2.05 bits per heavy atom. The summed E-state index contributed by atoms with van der Waals surface area (Å²) in [4.78, 5) is 9.90. The summed E-state index contributed by atoms with van der Waals surface area (Å²) in [5, 5.41) is 10.6. The van der Waals surface area contributed by atoms with Gasteiger partial charge in [-0.15, -0.1) is 0 Å². The van der Waals surface area contributed by atoms with Gasteiger partial charge in [0.15, 0.2) is 5.84 Å². The molecule has 2 N–H and O–H groups in total. The largest absolute Gasteiger partial charge is 0.491 e. The molecule has 1 aliphatic carbocycles. The number of allylic oxidation sites excluding steroid dienone is 1. The van der Waals surface area contributed by atoms with E-state index in [1.165, 1.54) is 16.4 Å². The lowest BCUT2D eigenvalue weighted by Crippen LogP contribution is -2.55. The molecule has 1 saturated heterocycles. The molecule has 1 unspecified atom stereocenters. The monoisotopic (exact) mass is 525 g/mol. The highest BCUT2D eigenvalue weighted by Crippen LogP contribution is 2.57. The van der Waals surface area contributed by atoms with Crippen molar-refractivity contribution in [3.05, 3.63) is 70.6 Å². The van der Waals surface area contributed by atoms with E-state index in [4.69, 9.17) is 9.57 Å². The van der Waals surface area contributed by atoms with Crippen LogP contribution in [-0.2, 0) is 27.0 Å². The van der Waals surface area contributed by atoms with E-state index in [0.29, 0.717) is 25.9 Å². The van der Waals surface area contributed by atoms with E-state index in [1.807, 2.05) is 38.4 Å². The van der Waals surface area contributed by atoms with E-state index in [9.17, 15) is 12.8 Å². The molecule has 11 heteroatoms. The number of nitrogens with one attached hydrogen (secondary N) is 2. The van der Waals surface area contributed by atoms with Gasteiger partial charge in [-0.05, 0) is 56.0 Å². The van der Waals surface area contributed by atoms with Crippen LogP contribution >= 0.6 is 0 Å². The van der Waals surface area contributed by atoms with E-state index >= 15 is 0 Å². The predicted molar refractivity (Wildman–Crippen MR) is 137 cm³/mol. The second-order valence-electron chi connectivity index (χ2n) is 9.98. The summed E-state index contributed by atoms with van der Waals surface area (Å²) in [5.41, 5.74) is 3.39. The van der Waals surface area contributed by atoms with Crippen LogP contribution in [0.1, 0.15) is 49.9 Å². The number of hydrogen-bond acceptors (Lipinski definition) is 8. The number of sulfonamides is 1. The molecule has 6 rings (SSSR count). The summed E-state index contributed by atoms with van der Waals surface area (Å²) in [6.45, 7) is 4.14. The number of fused-ring (bicyclic) bond motifs is 2. The van der Waals surface area contributed by atoms with Crippen molar-refractivity contribution in [3.8, 4) is 5.75 Å². The Balaban J connectivity index is 1.42. The minimum atomic E-state index is -3.80. The third-order valence-electron chi connectivity index (χ3n) is 7.55. The Labute approximate surface area is 215 Å². The molecule has 37 heavy (non-hydrogen) atoms. The zero-order valence-corrected chi connectivity index (χ0v) is 21.7. The van der Waals surface area contributed by atoms with Gasteiger partial charge in [-0.2, -0.15) is 0 Å². The van der Waals surface area contributed by atoms with Crippen LogP contribution in [0.4, 0.5) is 10.1 Å². The standard InChI is InChI=1S/C26H28FN5O4S/c1-16(28-3)14-29-21-6-4-17(20-8-11-35-23(20)21)12-18-13-26(9-10-26)37(33,34)32-24(18)31-36-25(32,2)22-7-5-19(27)15-30-22/h4-7,12,14-15,28-29H,8-11,13H2,1-3H3/b16-14-,18-12+. The molecule has 0 bridgehead atoms. The summed E-state index contributed by atoms with van der Waals surface area (Å²) in [5.74, 6) is 0.521. The summed E-state index contributed by atoms with van der Waals surface area (Å²) in [6, 6.07) is 6.64. The van der Waals surface area contributed by atoms with Crippen LogP contribution in [0, 0.1) is 5.82 Å². The molecule has 4 aliphatic rings. The molecule has 0 radical (unpaired) electrons. The van der Waals surface area contributed by atoms with Gasteiger partial charge in [-0.1, -0.05) is 11.2 Å². The fraction of sp³-hybridized carbons (Fsp3) is 0.385. The van der Waals surface area contributed by atoms with Crippen molar-refractivity contribution in [2.75, 3.05) is 19.0 Å². The number of hydrogen-bond donors (Lipinski definition) is 2. The Morgan fingerprint density at radius 1 is 1.24 bits per heavy atom. The van der Waals surface area contributed by atoms with Crippen LogP contribution in [0.15, 0.2) is 53.1 Å². The van der Waals surface area contributed by atoms with E-state index in [0.717, 1.165) is 46.5 Å². The summed E-state index contributed by atoms with van der Waals surface area (Å²) >= 11 is 0. The average molecular weight is 526 g/mol. The van der Waals surface area contributed by atoms with Crippen LogP contribution in [0.5, 0.6) is 5.75 Å². The maximum absolute atomic E-state index is 13.8. The van der Waals surface area contributed by atoms with Crippen LogP contribution in [-0.4, -0.2) is 41.9 Å². The second-order valence-corrected chi connectivity index (χ2v) is 12.2. The first kappa shape index (κ1) is 23.8. The van der Waals surface area contributed by atoms with Gasteiger partial charge >= 0.3 is 0 Å². The lowest BCUT2D eigenvalue weighted by Gasteiger charge is -2.39. The van der Waals surface area contributed by atoms with Crippen molar-refractivity contribution >= 4 is 27.6 Å². The van der Waals surface area contributed by atoms with Gasteiger partial charge in [0.2, 0.25) is 10.0 Å². The highest BCUT2D eigenvalue weighted by Gasteiger charge is 2.67. The van der Waals surface area contributed by atoms with E-state index in [-0.39, 0.29) is 11.5 Å². The summed E-state index contributed by atoms with van der Waals surface area (Å²) in [7, 11) is -1.94. The SMILES string of the molecule is CN/C(C)=C\Nc1ccc(/C=C2\CC3(CC3)S(=O)(=O)N3C2=NOC3(C)c2ccc(F)cn2)c2c1OCC2. The zero-order valence-electron chi connectivity index (χ0n) is 20.8. The summed E-state index contributed by atoms with van der Waals surface area (Å²) in [6.07, 6.45) is 7.14. The highest BCUT2D eigenvalue weighted by atomic mass is 32.2. The first-order valence-corrected chi connectivity index (χ1v) is 13.7. The molecule has 2 fully saturated rings. The van der Waals surface area contributed by atoms with Gasteiger partial charge in [-0.3, -0.25) is 4.98 Å². The van der Waals surface area contributed by atoms with Gasteiger partial charge in [0, 0.05) is 43.4 Å². The number of anilines is 1. The summed E-state index contributed by atoms with van der Waals surface area (Å²) < 4.78 is 47.5. The van der Waals surface area contributed by atoms with Crippen molar-refractivity contribution in [1.29, 1.82) is 0 Å². The molecule has 0 amide bonds. The Morgan fingerprint density at radius 3 is 2.76 bits per heavy atom. The number of nitrogens with zero attached hydrogens (tertiary/aromatic N) is 3. The van der Waals surface area contributed by atoms with Crippen LogP contribution in [0.3, 0.4) is 0 Å². The van der Waals surface area contributed by atoms with E-state index < -0.39 is 26.3 Å². The maximum Gasteiger partial charge on any atom is 0.264 e. The zero-order chi connectivity index (χ0) is 26.0. The van der Waals surface area contributed by atoms with Crippen molar-refractivity contribution in [1.82, 2.24) is 14.6 Å². The van der Waals surface area contributed by atoms with Crippen molar-refractivity contribution < 1.29 is 22.4 Å².